The molecule has 6 heteroatoms. The van der Waals surface area contributed by atoms with Crippen molar-refractivity contribution in [3.8, 4) is 0 Å². The molecule has 0 saturated carbocycles. The Hall–Kier alpha value is -1.82. The van der Waals surface area contributed by atoms with Crippen LogP contribution in [0.1, 0.15) is 26.7 Å². The number of hydrogen-bond acceptors (Lipinski definition) is 4. The number of ether oxygens (including phenoxy) is 1. The summed E-state index contributed by atoms with van der Waals surface area (Å²) < 4.78 is 4.80. The summed E-state index contributed by atoms with van der Waals surface area (Å²) in [6.07, 6.45) is 5.58. The highest BCUT2D eigenvalue weighted by atomic mass is 16.5. The molecule has 120 valence electrons. The maximum atomic E-state index is 12.6. The summed E-state index contributed by atoms with van der Waals surface area (Å²) in [5, 5.41) is 2.80. The van der Waals surface area contributed by atoms with Crippen LogP contribution in [0.4, 0.5) is 4.79 Å². The van der Waals surface area contributed by atoms with E-state index in [2.05, 4.69) is 11.9 Å². The third-order valence-electron chi connectivity index (χ3n) is 3.01. The first-order valence-electron chi connectivity index (χ1n) is 7.19. The second kappa shape index (κ2) is 9.99. The van der Waals surface area contributed by atoms with Crippen LogP contribution in [0.15, 0.2) is 24.8 Å². The highest BCUT2D eigenvalue weighted by Crippen LogP contribution is 2.21. The summed E-state index contributed by atoms with van der Waals surface area (Å²) in [6, 6.07) is 0. The Labute approximate surface area is 127 Å². The van der Waals surface area contributed by atoms with Crippen LogP contribution in [-0.2, 0) is 9.53 Å². The molecule has 0 aromatic rings. The molecular formula is C15H27N3O3. The molecule has 1 atom stereocenters. The molecule has 0 spiro atoms. The van der Waals surface area contributed by atoms with Gasteiger partial charge in [0.05, 0.1) is 7.11 Å². The van der Waals surface area contributed by atoms with Crippen molar-refractivity contribution in [3.05, 3.63) is 24.8 Å². The Bertz CT molecular complexity index is 382. The zero-order valence-corrected chi connectivity index (χ0v) is 13.2. The van der Waals surface area contributed by atoms with E-state index in [0.717, 1.165) is 6.42 Å². The van der Waals surface area contributed by atoms with Crippen LogP contribution in [0.2, 0.25) is 0 Å². The quantitative estimate of drug-likeness (QED) is 0.631. The molecule has 0 radical (unpaired) electrons. The average molecular weight is 297 g/mol. The molecule has 3 N–H and O–H groups in total. The topological polar surface area (TPSA) is 84.7 Å². The molecule has 2 amide bonds. The molecule has 0 rings (SSSR count). The van der Waals surface area contributed by atoms with Gasteiger partial charge >= 0.3 is 6.09 Å². The summed E-state index contributed by atoms with van der Waals surface area (Å²) in [7, 11) is 1.29. The standard InChI is InChI=1S/C15H27N3O3/c1-5-11-17-13(19)15(7-3,9-8-10-16)18(12-6-2)14(20)21-4/h7-9H,3,5-6,10-12,16H2,1-2,4H3,(H,17,19)/b9-8+. The normalized spacial score (nSPS) is 13.5. The van der Waals surface area contributed by atoms with Crippen molar-refractivity contribution in [2.24, 2.45) is 5.73 Å². The molecule has 0 aromatic heterocycles. The maximum Gasteiger partial charge on any atom is 0.410 e. The average Bonchev–Trinajstić information content (AvgIpc) is 2.51. The fourth-order valence-corrected chi connectivity index (χ4v) is 1.95. The Kier molecular flexibility index (Phi) is 9.12. The van der Waals surface area contributed by atoms with Gasteiger partial charge in [0.15, 0.2) is 5.54 Å². The van der Waals surface area contributed by atoms with Crippen LogP contribution < -0.4 is 11.1 Å². The van der Waals surface area contributed by atoms with Crippen molar-refractivity contribution in [1.82, 2.24) is 10.2 Å². The van der Waals surface area contributed by atoms with E-state index in [4.69, 9.17) is 10.5 Å². The highest BCUT2D eigenvalue weighted by molar-refractivity contribution is 5.94. The smallest absolute Gasteiger partial charge is 0.410 e. The van der Waals surface area contributed by atoms with Gasteiger partial charge < -0.3 is 15.8 Å². The van der Waals surface area contributed by atoms with Crippen molar-refractivity contribution in [3.63, 3.8) is 0 Å². The predicted molar refractivity (Wildman–Crippen MR) is 83.8 cm³/mol. The van der Waals surface area contributed by atoms with Crippen molar-refractivity contribution >= 4 is 12.0 Å². The van der Waals surface area contributed by atoms with E-state index in [-0.39, 0.29) is 12.5 Å². The lowest BCUT2D eigenvalue weighted by Crippen LogP contribution is -2.59. The molecule has 0 heterocycles. The van der Waals surface area contributed by atoms with E-state index in [9.17, 15) is 9.59 Å². The van der Waals surface area contributed by atoms with Gasteiger partial charge in [-0.25, -0.2) is 4.79 Å². The molecule has 0 aliphatic rings. The second-order valence-corrected chi connectivity index (χ2v) is 4.55. The predicted octanol–water partition coefficient (Wildman–Crippen LogP) is 1.43. The van der Waals surface area contributed by atoms with E-state index in [1.807, 2.05) is 13.8 Å². The van der Waals surface area contributed by atoms with Crippen molar-refractivity contribution < 1.29 is 14.3 Å². The van der Waals surface area contributed by atoms with Crippen molar-refractivity contribution in [2.75, 3.05) is 26.7 Å². The van der Waals surface area contributed by atoms with Crippen LogP contribution in [0.25, 0.3) is 0 Å². The Morgan fingerprint density at radius 3 is 2.48 bits per heavy atom. The van der Waals surface area contributed by atoms with Gasteiger partial charge in [0.25, 0.3) is 5.91 Å². The molecule has 21 heavy (non-hydrogen) atoms. The molecular weight excluding hydrogens is 270 g/mol. The Morgan fingerprint density at radius 1 is 1.38 bits per heavy atom. The second-order valence-electron chi connectivity index (χ2n) is 4.55. The van der Waals surface area contributed by atoms with E-state index < -0.39 is 11.6 Å². The molecule has 1 unspecified atom stereocenters. The molecule has 0 bridgehead atoms. The van der Waals surface area contributed by atoms with Gasteiger partial charge in [-0.3, -0.25) is 9.69 Å². The van der Waals surface area contributed by atoms with Crippen LogP contribution in [0.5, 0.6) is 0 Å². The van der Waals surface area contributed by atoms with Crippen molar-refractivity contribution in [2.45, 2.75) is 32.2 Å². The zero-order chi connectivity index (χ0) is 16.3. The SMILES string of the molecule is C=CC(/C=C/CN)(C(=O)NCCC)N(CCC)C(=O)OC. The summed E-state index contributed by atoms with van der Waals surface area (Å²) in [5.74, 6) is -0.317. The number of nitrogens with two attached hydrogens (primary N) is 1. The molecule has 0 aliphatic heterocycles. The Balaban J connectivity index is 5.70. The third-order valence-corrected chi connectivity index (χ3v) is 3.01. The van der Waals surface area contributed by atoms with Gasteiger partial charge in [-0.15, -0.1) is 0 Å². The monoisotopic (exact) mass is 297 g/mol. The van der Waals surface area contributed by atoms with Gasteiger partial charge in [-0.05, 0) is 18.9 Å². The summed E-state index contributed by atoms with van der Waals surface area (Å²) in [5.41, 5.74) is 4.19. The first-order chi connectivity index (χ1) is 10.0. The highest BCUT2D eigenvalue weighted by Gasteiger charge is 2.42. The number of hydrogen-bond donors (Lipinski definition) is 2. The minimum Gasteiger partial charge on any atom is -0.453 e. The number of nitrogens with one attached hydrogen (secondary N) is 1. The number of carbonyl (C=O) groups is 2. The first-order valence-corrected chi connectivity index (χ1v) is 7.19. The number of nitrogens with zero attached hydrogens (tertiary/aromatic N) is 1. The lowest BCUT2D eigenvalue weighted by molar-refractivity contribution is -0.127. The fraction of sp³-hybridized carbons (Fsp3) is 0.600. The van der Waals surface area contributed by atoms with Crippen LogP contribution >= 0.6 is 0 Å². The molecule has 0 fully saturated rings. The lowest BCUT2D eigenvalue weighted by Gasteiger charge is -2.37. The molecule has 0 saturated heterocycles. The summed E-state index contributed by atoms with van der Waals surface area (Å²) in [6.45, 7) is 8.75. The van der Waals surface area contributed by atoms with Crippen LogP contribution in [-0.4, -0.2) is 49.2 Å². The summed E-state index contributed by atoms with van der Waals surface area (Å²) >= 11 is 0. The third kappa shape index (κ3) is 4.90. The number of carbonyl (C=O) groups excluding carboxylic acids is 2. The first kappa shape index (κ1) is 19.2. The van der Waals surface area contributed by atoms with Gasteiger partial charge in [-0.1, -0.05) is 32.6 Å². The minimum atomic E-state index is -1.29. The number of amides is 2. The van der Waals surface area contributed by atoms with Crippen LogP contribution in [0, 0.1) is 0 Å². The summed E-state index contributed by atoms with van der Waals surface area (Å²) in [4.78, 5) is 26.0. The maximum absolute atomic E-state index is 12.6. The van der Waals surface area contributed by atoms with Gasteiger partial charge in [0, 0.05) is 19.6 Å². The van der Waals surface area contributed by atoms with Gasteiger partial charge in [0.1, 0.15) is 0 Å². The minimum absolute atomic E-state index is 0.262. The molecule has 0 aromatic carbocycles. The zero-order valence-electron chi connectivity index (χ0n) is 13.2. The van der Waals surface area contributed by atoms with Crippen LogP contribution in [0.3, 0.4) is 0 Å². The van der Waals surface area contributed by atoms with E-state index in [1.54, 1.807) is 12.2 Å². The van der Waals surface area contributed by atoms with Crippen molar-refractivity contribution in [1.29, 1.82) is 0 Å². The van der Waals surface area contributed by atoms with E-state index in [0.29, 0.717) is 19.5 Å². The number of methoxy groups -OCH3 is 1. The lowest BCUT2D eigenvalue weighted by atomic mass is 9.94. The van der Waals surface area contributed by atoms with Gasteiger partial charge in [0.2, 0.25) is 0 Å². The number of rotatable bonds is 9. The molecule has 0 aliphatic carbocycles. The molecule has 6 nitrogen and oxygen atoms in total. The van der Waals surface area contributed by atoms with E-state index >= 15 is 0 Å². The largest absolute Gasteiger partial charge is 0.453 e. The Morgan fingerprint density at radius 2 is 2.05 bits per heavy atom. The fourth-order valence-electron chi connectivity index (χ4n) is 1.95. The van der Waals surface area contributed by atoms with Gasteiger partial charge in [-0.2, -0.15) is 0 Å². The van der Waals surface area contributed by atoms with E-state index in [1.165, 1.54) is 18.1 Å².